The molecular formula is C16H17NO3. The average Bonchev–Trinajstić information content (AvgIpc) is 2.53. The Morgan fingerprint density at radius 1 is 0.950 bits per heavy atom. The smallest absolute Gasteiger partial charge is 0.128 e. The van der Waals surface area contributed by atoms with E-state index in [2.05, 4.69) is 0 Å². The first-order valence-electron chi connectivity index (χ1n) is 6.21. The fourth-order valence-electron chi connectivity index (χ4n) is 2.06. The number of methoxy groups -OCH3 is 2. The Morgan fingerprint density at radius 2 is 1.50 bits per heavy atom. The molecule has 1 unspecified atom stereocenters. The van der Waals surface area contributed by atoms with Crippen LogP contribution in [-0.2, 0) is 0 Å². The van der Waals surface area contributed by atoms with Crippen molar-refractivity contribution in [1.29, 1.82) is 5.41 Å². The number of hydrogen-bond acceptors (Lipinski definition) is 4. The van der Waals surface area contributed by atoms with Gasteiger partial charge in [-0.25, -0.2) is 0 Å². The third-order valence-corrected chi connectivity index (χ3v) is 3.10. The van der Waals surface area contributed by atoms with Crippen molar-refractivity contribution in [3.63, 3.8) is 0 Å². The van der Waals surface area contributed by atoms with E-state index in [9.17, 15) is 5.11 Å². The number of rotatable bonds is 5. The van der Waals surface area contributed by atoms with Crippen LogP contribution in [0.3, 0.4) is 0 Å². The van der Waals surface area contributed by atoms with Crippen molar-refractivity contribution in [2.24, 2.45) is 0 Å². The first-order chi connectivity index (χ1) is 9.69. The standard InChI is InChI=1S/C16H17NO3/c1-19-13-9-5-3-7-11(13)15(17)16(18)12-8-4-6-10-14(12)20-2/h3-10,16-18H,1-2H3. The van der Waals surface area contributed by atoms with Crippen molar-refractivity contribution in [2.75, 3.05) is 14.2 Å². The molecule has 0 fully saturated rings. The van der Waals surface area contributed by atoms with E-state index in [4.69, 9.17) is 14.9 Å². The monoisotopic (exact) mass is 271 g/mol. The van der Waals surface area contributed by atoms with E-state index in [-0.39, 0.29) is 5.71 Å². The molecule has 2 aromatic rings. The van der Waals surface area contributed by atoms with Gasteiger partial charge in [-0.3, -0.25) is 0 Å². The molecule has 2 rings (SSSR count). The molecule has 2 N–H and O–H groups in total. The molecule has 4 nitrogen and oxygen atoms in total. The minimum Gasteiger partial charge on any atom is -0.496 e. The molecule has 0 aliphatic carbocycles. The highest BCUT2D eigenvalue weighted by Gasteiger charge is 2.21. The van der Waals surface area contributed by atoms with E-state index in [1.54, 1.807) is 43.5 Å². The Morgan fingerprint density at radius 3 is 2.15 bits per heavy atom. The summed E-state index contributed by atoms with van der Waals surface area (Å²) in [7, 11) is 3.08. The van der Waals surface area contributed by atoms with Crippen molar-refractivity contribution >= 4 is 5.71 Å². The summed E-state index contributed by atoms with van der Waals surface area (Å²) in [6.07, 6.45) is -1.07. The van der Waals surface area contributed by atoms with Gasteiger partial charge >= 0.3 is 0 Å². The highest BCUT2D eigenvalue weighted by molar-refractivity contribution is 6.04. The lowest BCUT2D eigenvalue weighted by Gasteiger charge is -2.17. The number of ether oxygens (including phenoxy) is 2. The van der Waals surface area contributed by atoms with Gasteiger partial charge in [0.25, 0.3) is 0 Å². The van der Waals surface area contributed by atoms with Gasteiger partial charge in [0, 0.05) is 11.1 Å². The molecule has 0 heterocycles. The molecule has 2 aromatic carbocycles. The van der Waals surface area contributed by atoms with E-state index in [0.29, 0.717) is 22.6 Å². The topological polar surface area (TPSA) is 62.5 Å². The molecule has 0 aliphatic rings. The normalized spacial score (nSPS) is 11.8. The van der Waals surface area contributed by atoms with Gasteiger partial charge in [-0.15, -0.1) is 0 Å². The fraction of sp³-hybridized carbons (Fsp3) is 0.188. The molecule has 0 spiro atoms. The minimum atomic E-state index is -1.07. The van der Waals surface area contributed by atoms with Gasteiger partial charge < -0.3 is 20.0 Å². The van der Waals surface area contributed by atoms with E-state index in [1.807, 2.05) is 12.1 Å². The van der Waals surface area contributed by atoms with Crippen molar-refractivity contribution in [3.05, 3.63) is 59.7 Å². The van der Waals surface area contributed by atoms with Crippen LogP contribution in [0.15, 0.2) is 48.5 Å². The number of hydrogen-bond donors (Lipinski definition) is 2. The Labute approximate surface area is 118 Å². The molecule has 1 atom stereocenters. The van der Waals surface area contributed by atoms with Crippen LogP contribution in [0, 0.1) is 5.41 Å². The molecule has 0 radical (unpaired) electrons. The van der Waals surface area contributed by atoms with Gasteiger partial charge in [0.15, 0.2) is 0 Å². The number of aliphatic hydroxyl groups is 1. The van der Waals surface area contributed by atoms with E-state index in [0.717, 1.165) is 0 Å². The van der Waals surface area contributed by atoms with Crippen LogP contribution in [0.25, 0.3) is 0 Å². The van der Waals surface area contributed by atoms with Crippen LogP contribution in [0.2, 0.25) is 0 Å². The number of para-hydroxylation sites is 2. The molecule has 0 amide bonds. The van der Waals surface area contributed by atoms with Crippen LogP contribution >= 0.6 is 0 Å². The summed E-state index contributed by atoms with van der Waals surface area (Å²) >= 11 is 0. The van der Waals surface area contributed by atoms with Crippen LogP contribution in [0.4, 0.5) is 0 Å². The van der Waals surface area contributed by atoms with Gasteiger partial charge in [-0.2, -0.15) is 0 Å². The van der Waals surface area contributed by atoms with Gasteiger partial charge in [0.05, 0.1) is 19.9 Å². The minimum absolute atomic E-state index is 0.0759. The molecule has 0 bridgehead atoms. The van der Waals surface area contributed by atoms with E-state index < -0.39 is 6.10 Å². The number of nitrogens with one attached hydrogen (secondary N) is 1. The molecule has 0 saturated carbocycles. The van der Waals surface area contributed by atoms with Gasteiger partial charge in [-0.05, 0) is 18.2 Å². The van der Waals surface area contributed by atoms with Gasteiger partial charge in [0.2, 0.25) is 0 Å². The molecule has 104 valence electrons. The van der Waals surface area contributed by atoms with E-state index >= 15 is 0 Å². The number of benzene rings is 2. The van der Waals surface area contributed by atoms with E-state index in [1.165, 1.54) is 7.11 Å². The van der Waals surface area contributed by atoms with Gasteiger partial charge in [-0.1, -0.05) is 30.3 Å². The maximum absolute atomic E-state index is 10.4. The maximum Gasteiger partial charge on any atom is 0.128 e. The maximum atomic E-state index is 10.4. The SMILES string of the molecule is COc1ccccc1C(=N)C(O)c1ccccc1OC. The molecule has 4 heteroatoms. The summed E-state index contributed by atoms with van der Waals surface area (Å²) in [5.74, 6) is 1.12. The summed E-state index contributed by atoms with van der Waals surface area (Å²) in [5, 5.41) is 18.6. The predicted octanol–water partition coefficient (Wildman–Crippen LogP) is 2.81. The molecule has 0 aliphatic heterocycles. The Kier molecular flexibility index (Phi) is 4.38. The lowest BCUT2D eigenvalue weighted by molar-refractivity contribution is 0.240. The second-order valence-corrected chi connectivity index (χ2v) is 4.26. The van der Waals surface area contributed by atoms with Crippen LogP contribution in [0.1, 0.15) is 17.2 Å². The summed E-state index contributed by atoms with van der Waals surface area (Å²) in [6.45, 7) is 0. The summed E-state index contributed by atoms with van der Waals surface area (Å²) in [6, 6.07) is 14.3. The molecule has 20 heavy (non-hydrogen) atoms. The second kappa shape index (κ2) is 6.21. The first-order valence-corrected chi connectivity index (χ1v) is 6.21. The first kappa shape index (κ1) is 14.1. The van der Waals surface area contributed by atoms with Crippen molar-refractivity contribution in [2.45, 2.75) is 6.10 Å². The third kappa shape index (κ3) is 2.65. The highest BCUT2D eigenvalue weighted by atomic mass is 16.5. The molecular weight excluding hydrogens is 254 g/mol. The lowest BCUT2D eigenvalue weighted by Crippen LogP contribution is -2.14. The zero-order chi connectivity index (χ0) is 14.5. The summed E-state index contributed by atoms with van der Waals surface area (Å²) < 4.78 is 10.4. The summed E-state index contributed by atoms with van der Waals surface area (Å²) in [4.78, 5) is 0. The zero-order valence-electron chi connectivity index (χ0n) is 11.5. The Balaban J connectivity index is 2.38. The van der Waals surface area contributed by atoms with Gasteiger partial charge in [0.1, 0.15) is 17.6 Å². The highest BCUT2D eigenvalue weighted by Crippen LogP contribution is 2.29. The average molecular weight is 271 g/mol. The van der Waals surface area contributed by atoms with Crippen molar-refractivity contribution < 1.29 is 14.6 Å². The van der Waals surface area contributed by atoms with Crippen molar-refractivity contribution in [3.8, 4) is 11.5 Å². The van der Waals surface area contributed by atoms with Crippen LogP contribution in [0.5, 0.6) is 11.5 Å². The Bertz CT molecular complexity index is 610. The second-order valence-electron chi connectivity index (χ2n) is 4.26. The summed E-state index contributed by atoms with van der Waals surface area (Å²) in [5.41, 5.74) is 1.20. The third-order valence-electron chi connectivity index (χ3n) is 3.10. The van der Waals surface area contributed by atoms with Crippen LogP contribution < -0.4 is 9.47 Å². The molecule has 0 aromatic heterocycles. The van der Waals surface area contributed by atoms with Crippen molar-refractivity contribution in [1.82, 2.24) is 0 Å². The number of aliphatic hydroxyl groups excluding tert-OH is 1. The fourth-order valence-corrected chi connectivity index (χ4v) is 2.06. The predicted molar refractivity (Wildman–Crippen MR) is 77.8 cm³/mol. The zero-order valence-corrected chi connectivity index (χ0v) is 11.5. The Hall–Kier alpha value is -2.33. The van der Waals surface area contributed by atoms with Crippen LogP contribution in [-0.4, -0.2) is 25.0 Å². The quantitative estimate of drug-likeness (QED) is 0.822. The molecule has 0 saturated heterocycles. The lowest BCUT2D eigenvalue weighted by atomic mass is 9.98. The largest absolute Gasteiger partial charge is 0.496 e.